The van der Waals surface area contributed by atoms with Gasteiger partial charge in [0.2, 0.25) is 0 Å². The highest BCUT2D eigenvalue weighted by atomic mass is 15.6. The van der Waals surface area contributed by atoms with Gasteiger partial charge in [0.25, 0.3) is 0 Å². The van der Waals surface area contributed by atoms with Gasteiger partial charge in [0.05, 0.1) is 0 Å². The van der Waals surface area contributed by atoms with Gasteiger partial charge in [0.15, 0.2) is 11.5 Å². The molecule has 2 aromatic heterocycles. The van der Waals surface area contributed by atoms with Gasteiger partial charge in [0.1, 0.15) is 0 Å². The summed E-state index contributed by atoms with van der Waals surface area (Å²) in [6.07, 6.45) is 6.52. The van der Waals surface area contributed by atoms with E-state index in [1.165, 1.54) is 36.7 Å². The van der Waals surface area contributed by atoms with Gasteiger partial charge in [-0.1, -0.05) is 19.3 Å². The van der Waals surface area contributed by atoms with Crippen molar-refractivity contribution in [2.45, 2.75) is 38.1 Å². The van der Waals surface area contributed by atoms with Gasteiger partial charge < -0.3 is 4.90 Å². The predicted octanol–water partition coefficient (Wildman–Crippen LogP) is 1.29. The highest BCUT2D eigenvalue weighted by molar-refractivity contribution is 5.44. The fourth-order valence-electron chi connectivity index (χ4n) is 2.48. The Bertz CT molecular complexity index is 501. The molecule has 0 bridgehead atoms. The third-order valence-corrected chi connectivity index (χ3v) is 3.54. The van der Waals surface area contributed by atoms with Gasteiger partial charge in [-0.15, -0.1) is 14.8 Å². The van der Waals surface area contributed by atoms with Gasteiger partial charge in [-0.05, 0) is 35.4 Å². The largest absolute Gasteiger partial charge is 0.355 e. The molecule has 1 fully saturated rings. The maximum absolute atomic E-state index is 4.42. The second kappa shape index (κ2) is 4.27. The summed E-state index contributed by atoms with van der Waals surface area (Å²) in [5, 5.41) is 15.7. The molecule has 0 amide bonds. The average molecular weight is 232 g/mol. The van der Waals surface area contributed by atoms with Crippen molar-refractivity contribution in [2.24, 2.45) is 0 Å². The number of nitrogens with zero attached hydrogens (tertiary/aromatic N) is 6. The number of hydrogen-bond acceptors (Lipinski definition) is 5. The Kier molecular flexibility index (Phi) is 2.62. The van der Waals surface area contributed by atoms with Crippen molar-refractivity contribution in [1.29, 1.82) is 0 Å². The summed E-state index contributed by atoms with van der Waals surface area (Å²) in [4.78, 5) is 2.25. The maximum Gasteiger partial charge on any atom is 0.200 e. The van der Waals surface area contributed by atoms with Crippen LogP contribution in [0.1, 0.15) is 32.1 Å². The van der Waals surface area contributed by atoms with Gasteiger partial charge in [0, 0.05) is 13.1 Å². The summed E-state index contributed by atoms with van der Waals surface area (Å²) in [6.45, 7) is 0. The van der Waals surface area contributed by atoms with Gasteiger partial charge in [-0.2, -0.15) is 0 Å². The molecule has 1 saturated carbocycles. The molecule has 0 unspecified atom stereocenters. The lowest BCUT2D eigenvalue weighted by Crippen LogP contribution is -2.34. The Balaban J connectivity index is 1.86. The van der Waals surface area contributed by atoms with E-state index in [1.54, 1.807) is 0 Å². The molecule has 0 N–H and O–H groups in total. The second-order valence-corrected chi connectivity index (χ2v) is 4.62. The summed E-state index contributed by atoms with van der Waals surface area (Å²) < 4.78 is 1.48. The van der Waals surface area contributed by atoms with E-state index in [2.05, 4.69) is 32.6 Å². The molecule has 3 rings (SSSR count). The van der Waals surface area contributed by atoms with Crippen LogP contribution in [0, 0.1) is 0 Å². The molecule has 1 aliphatic carbocycles. The number of hydrogen-bond donors (Lipinski definition) is 0. The first kappa shape index (κ1) is 10.4. The Morgan fingerprint density at radius 3 is 2.88 bits per heavy atom. The first-order chi connectivity index (χ1) is 8.34. The zero-order valence-corrected chi connectivity index (χ0v) is 9.95. The molecule has 0 radical (unpaired) electrons. The monoisotopic (exact) mass is 232 g/mol. The zero-order valence-electron chi connectivity index (χ0n) is 9.95. The van der Waals surface area contributed by atoms with Crippen molar-refractivity contribution >= 4 is 11.5 Å². The number of aromatic nitrogens is 5. The molecule has 1 aliphatic rings. The van der Waals surface area contributed by atoms with E-state index in [-0.39, 0.29) is 0 Å². The molecule has 0 spiro atoms. The Labute approximate surface area is 99.6 Å². The van der Waals surface area contributed by atoms with Crippen molar-refractivity contribution in [2.75, 3.05) is 11.9 Å². The Morgan fingerprint density at radius 2 is 2.06 bits per heavy atom. The predicted molar refractivity (Wildman–Crippen MR) is 63.9 cm³/mol. The van der Waals surface area contributed by atoms with Crippen LogP contribution < -0.4 is 4.90 Å². The fraction of sp³-hybridized carbons (Fsp3) is 0.636. The molecule has 2 aromatic rings. The molecule has 0 atom stereocenters. The van der Waals surface area contributed by atoms with Crippen LogP contribution in [-0.4, -0.2) is 38.3 Å². The minimum absolute atomic E-state index is 0.602. The van der Waals surface area contributed by atoms with E-state index in [0.29, 0.717) is 11.7 Å². The molecule has 90 valence electrons. The third kappa shape index (κ3) is 1.94. The summed E-state index contributed by atoms with van der Waals surface area (Å²) in [6, 6.07) is 4.49. The van der Waals surface area contributed by atoms with Crippen LogP contribution in [0.3, 0.4) is 0 Å². The minimum Gasteiger partial charge on any atom is -0.355 e. The van der Waals surface area contributed by atoms with Gasteiger partial charge in [-0.25, -0.2) is 0 Å². The molecular weight excluding hydrogens is 216 g/mol. The summed E-state index contributed by atoms with van der Waals surface area (Å²) >= 11 is 0. The third-order valence-electron chi connectivity index (χ3n) is 3.54. The standard InChI is InChI=1S/C11H16N6/c1-16(9-5-3-2-4-6-9)11-8-7-10-12-14-15-17(10)13-11/h7-9H,2-6H2,1H3. The van der Waals surface area contributed by atoms with Crippen molar-refractivity contribution in [3.05, 3.63) is 12.1 Å². The van der Waals surface area contributed by atoms with Crippen LogP contribution in [0.25, 0.3) is 5.65 Å². The van der Waals surface area contributed by atoms with E-state index in [0.717, 1.165) is 5.82 Å². The lowest BCUT2D eigenvalue weighted by atomic mass is 9.94. The minimum atomic E-state index is 0.602. The molecule has 17 heavy (non-hydrogen) atoms. The summed E-state index contributed by atoms with van der Waals surface area (Å²) in [5.41, 5.74) is 0.686. The van der Waals surface area contributed by atoms with E-state index in [1.807, 2.05) is 12.1 Å². The van der Waals surface area contributed by atoms with E-state index in [4.69, 9.17) is 0 Å². The van der Waals surface area contributed by atoms with Crippen LogP contribution in [-0.2, 0) is 0 Å². The second-order valence-electron chi connectivity index (χ2n) is 4.62. The normalized spacial score (nSPS) is 17.5. The highest BCUT2D eigenvalue weighted by Crippen LogP contribution is 2.24. The highest BCUT2D eigenvalue weighted by Gasteiger charge is 2.19. The lowest BCUT2D eigenvalue weighted by molar-refractivity contribution is 0.424. The Morgan fingerprint density at radius 1 is 1.24 bits per heavy atom. The van der Waals surface area contributed by atoms with Crippen molar-refractivity contribution in [3.8, 4) is 0 Å². The van der Waals surface area contributed by atoms with E-state index >= 15 is 0 Å². The Hall–Kier alpha value is -1.72. The van der Waals surface area contributed by atoms with Crippen LogP contribution >= 0.6 is 0 Å². The smallest absolute Gasteiger partial charge is 0.200 e. The zero-order chi connectivity index (χ0) is 11.7. The summed E-state index contributed by atoms with van der Waals surface area (Å²) in [5.74, 6) is 0.941. The van der Waals surface area contributed by atoms with Crippen LogP contribution in [0.4, 0.5) is 5.82 Å². The number of rotatable bonds is 2. The molecule has 6 nitrogen and oxygen atoms in total. The first-order valence-corrected chi connectivity index (χ1v) is 6.13. The van der Waals surface area contributed by atoms with E-state index in [9.17, 15) is 0 Å². The van der Waals surface area contributed by atoms with Crippen LogP contribution in [0.2, 0.25) is 0 Å². The van der Waals surface area contributed by atoms with Crippen LogP contribution in [0.15, 0.2) is 12.1 Å². The summed E-state index contributed by atoms with van der Waals surface area (Å²) in [7, 11) is 2.11. The fourth-order valence-corrected chi connectivity index (χ4v) is 2.48. The number of anilines is 1. The molecule has 0 aromatic carbocycles. The van der Waals surface area contributed by atoms with E-state index < -0.39 is 0 Å². The van der Waals surface area contributed by atoms with Gasteiger partial charge >= 0.3 is 0 Å². The lowest BCUT2D eigenvalue weighted by Gasteiger charge is -2.31. The van der Waals surface area contributed by atoms with Crippen molar-refractivity contribution < 1.29 is 0 Å². The molecular formula is C11H16N6. The average Bonchev–Trinajstić information content (AvgIpc) is 2.86. The maximum atomic E-state index is 4.42. The van der Waals surface area contributed by atoms with Gasteiger partial charge in [-0.3, -0.25) is 0 Å². The van der Waals surface area contributed by atoms with Crippen LogP contribution in [0.5, 0.6) is 0 Å². The topological polar surface area (TPSA) is 59.2 Å². The van der Waals surface area contributed by atoms with Crippen molar-refractivity contribution in [3.63, 3.8) is 0 Å². The molecule has 0 aliphatic heterocycles. The molecule has 2 heterocycles. The molecule has 0 saturated heterocycles. The number of tetrazole rings is 1. The quantitative estimate of drug-likeness (QED) is 0.780. The van der Waals surface area contributed by atoms with Crippen molar-refractivity contribution in [1.82, 2.24) is 25.3 Å². The number of fused-ring (bicyclic) bond motifs is 1. The SMILES string of the molecule is CN(c1ccc2nnnn2n1)C1CCCCC1. The molecule has 6 heteroatoms. The first-order valence-electron chi connectivity index (χ1n) is 6.13.